The third-order valence-electron chi connectivity index (χ3n) is 3.51. The second kappa shape index (κ2) is 5.51. The molecule has 1 saturated heterocycles. The molecule has 0 spiro atoms. The van der Waals surface area contributed by atoms with Crippen LogP contribution in [-0.4, -0.2) is 36.6 Å². The van der Waals surface area contributed by atoms with E-state index in [-0.39, 0.29) is 0 Å². The van der Waals surface area contributed by atoms with E-state index in [1.165, 1.54) is 13.0 Å². The number of rotatable bonds is 4. The van der Waals surface area contributed by atoms with Gasteiger partial charge in [0.15, 0.2) is 0 Å². The molecule has 1 aromatic rings. The number of piperazine rings is 1. The summed E-state index contributed by atoms with van der Waals surface area (Å²) in [5.41, 5.74) is 0. The maximum absolute atomic E-state index is 5.37. The molecule has 16 heavy (non-hydrogen) atoms. The van der Waals surface area contributed by atoms with Crippen molar-refractivity contribution in [2.24, 2.45) is 0 Å². The summed E-state index contributed by atoms with van der Waals surface area (Å²) in [4.78, 5) is 2.60. The Bertz CT molecular complexity index is 297. The Morgan fingerprint density at radius 2 is 2.50 bits per heavy atom. The number of hydrogen-bond donors (Lipinski definition) is 1. The normalized spacial score (nSPS) is 24.5. The van der Waals surface area contributed by atoms with E-state index in [0.29, 0.717) is 12.1 Å². The molecule has 1 N–H and O–H groups in total. The van der Waals surface area contributed by atoms with Gasteiger partial charge in [-0.3, -0.25) is 4.90 Å². The van der Waals surface area contributed by atoms with Crippen LogP contribution in [0.25, 0.3) is 0 Å². The minimum atomic E-state index is 0.641. The molecule has 0 aromatic carbocycles. The monoisotopic (exact) mass is 222 g/mol. The molecule has 90 valence electrons. The van der Waals surface area contributed by atoms with Crippen LogP contribution < -0.4 is 5.32 Å². The predicted octanol–water partition coefficient (Wildman–Crippen LogP) is 1.89. The van der Waals surface area contributed by atoms with Gasteiger partial charge < -0.3 is 9.73 Å². The van der Waals surface area contributed by atoms with Crippen molar-refractivity contribution >= 4 is 0 Å². The molecule has 1 fully saturated rings. The number of nitrogens with zero attached hydrogens (tertiary/aromatic N) is 1. The van der Waals surface area contributed by atoms with Crippen molar-refractivity contribution in [1.29, 1.82) is 0 Å². The first-order chi connectivity index (χ1) is 7.77. The summed E-state index contributed by atoms with van der Waals surface area (Å²) >= 11 is 0. The van der Waals surface area contributed by atoms with E-state index >= 15 is 0 Å². The zero-order chi connectivity index (χ0) is 11.4. The lowest BCUT2D eigenvalue weighted by Gasteiger charge is -2.38. The van der Waals surface area contributed by atoms with Crippen molar-refractivity contribution in [1.82, 2.24) is 10.2 Å². The molecule has 0 bridgehead atoms. The van der Waals surface area contributed by atoms with Gasteiger partial charge in [-0.1, -0.05) is 0 Å². The van der Waals surface area contributed by atoms with Crippen molar-refractivity contribution in [2.75, 3.05) is 19.6 Å². The van der Waals surface area contributed by atoms with Crippen LogP contribution in [-0.2, 0) is 6.42 Å². The highest BCUT2D eigenvalue weighted by Crippen LogP contribution is 2.14. The summed E-state index contributed by atoms with van der Waals surface area (Å²) < 4.78 is 5.37. The summed E-state index contributed by atoms with van der Waals surface area (Å²) in [6.45, 7) is 8.03. The van der Waals surface area contributed by atoms with Crippen LogP contribution in [0, 0.1) is 0 Å². The van der Waals surface area contributed by atoms with Gasteiger partial charge in [0.2, 0.25) is 0 Å². The highest BCUT2D eigenvalue weighted by atomic mass is 16.3. The number of nitrogens with one attached hydrogen (secondary N) is 1. The summed E-state index contributed by atoms with van der Waals surface area (Å²) in [6.07, 6.45) is 3.98. The molecule has 3 nitrogen and oxygen atoms in total. The van der Waals surface area contributed by atoms with Crippen LogP contribution in [0.5, 0.6) is 0 Å². The molecule has 1 aliphatic heterocycles. The van der Waals surface area contributed by atoms with Crippen molar-refractivity contribution in [3.8, 4) is 0 Å². The number of furan rings is 1. The average molecular weight is 222 g/mol. The molecular weight excluding hydrogens is 200 g/mol. The maximum Gasteiger partial charge on any atom is 0.103 e. The molecule has 2 heterocycles. The largest absolute Gasteiger partial charge is 0.469 e. The fourth-order valence-electron chi connectivity index (χ4n) is 2.48. The van der Waals surface area contributed by atoms with Crippen LogP contribution in [0.1, 0.15) is 26.0 Å². The lowest BCUT2D eigenvalue weighted by Crippen LogP contribution is -2.53. The Balaban J connectivity index is 1.80. The van der Waals surface area contributed by atoms with E-state index in [2.05, 4.69) is 30.1 Å². The van der Waals surface area contributed by atoms with Crippen LogP contribution in [0.2, 0.25) is 0 Å². The number of hydrogen-bond acceptors (Lipinski definition) is 3. The SMILES string of the molecule is CC(CCc1ccco1)N1CCNCC1C. The summed E-state index contributed by atoms with van der Waals surface area (Å²) in [7, 11) is 0. The van der Waals surface area contributed by atoms with Crippen molar-refractivity contribution < 1.29 is 4.42 Å². The minimum Gasteiger partial charge on any atom is -0.469 e. The third kappa shape index (κ3) is 2.86. The van der Waals surface area contributed by atoms with Crippen molar-refractivity contribution in [3.63, 3.8) is 0 Å². The zero-order valence-corrected chi connectivity index (χ0v) is 10.3. The third-order valence-corrected chi connectivity index (χ3v) is 3.51. The second-order valence-electron chi connectivity index (χ2n) is 4.76. The minimum absolute atomic E-state index is 0.641. The number of aryl methyl sites for hydroxylation is 1. The molecule has 0 aliphatic carbocycles. The van der Waals surface area contributed by atoms with Gasteiger partial charge >= 0.3 is 0 Å². The standard InChI is InChI=1S/C13H22N2O/c1-11(5-6-13-4-3-9-16-13)15-8-7-14-10-12(15)2/h3-4,9,11-12,14H,5-8,10H2,1-2H3. The van der Waals surface area contributed by atoms with Crippen LogP contribution in [0.15, 0.2) is 22.8 Å². The van der Waals surface area contributed by atoms with E-state index in [0.717, 1.165) is 25.3 Å². The van der Waals surface area contributed by atoms with Gasteiger partial charge in [-0.2, -0.15) is 0 Å². The topological polar surface area (TPSA) is 28.4 Å². The Hall–Kier alpha value is -0.800. The first kappa shape index (κ1) is 11.7. The highest BCUT2D eigenvalue weighted by Gasteiger charge is 2.22. The lowest BCUT2D eigenvalue weighted by atomic mass is 10.1. The predicted molar refractivity (Wildman–Crippen MR) is 65.5 cm³/mol. The molecule has 2 unspecified atom stereocenters. The molecule has 1 aliphatic rings. The Labute approximate surface area is 97.8 Å². The smallest absolute Gasteiger partial charge is 0.103 e. The van der Waals surface area contributed by atoms with Crippen LogP contribution >= 0.6 is 0 Å². The summed E-state index contributed by atoms with van der Waals surface area (Å²) in [5, 5.41) is 3.43. The first-order valence-electron chi connectivity index (χ1n) is 6.26. The van der Waals surface area contributed by atoms with Crippen molar-refractivity contribution in [2.45, 2.75) is 38.8 Å². The molecular formula is C13H22N2O. The van der Waals surface area contributed by atoms with E-state index in [1.807, 2.05) is 6.07 Å². The van der Waals surface area contributed by atoms with Gasteiger partial charge in [-0.05, 0) is 32.4 Å². The van der Waals surface area contributed by atoms with Gasteiger partial charge in [-0.15, -0.1) is 0 Å². The Morgan fingerprint density at radius 3 is 3.19 bits per heavy atom. The lowest BCUT2D eigenvalue weighted by molar-refractivity contribution is 0.119. The quantitative estimate of drug-likeness (QED) is 0.843. The Kier molecular flexibility index (Phi) is 4.02. The van der Waals surface area contributed by atoms with Crippen molar-refractivity contribution in [3.05, 3.63) is 24.2 Å². The fraction of sp³-hybridized carbons (Fsp3) is 0.692. The molecule has 3 heteroatoms. The van der Waals surface area contributed by atoms with E-state index in [4.69, 9.17) is 4.42 Å². The molecule has 2 rings (SSSR count). The molecule has 0 saturated carbocycles. The van der Waals surface area contributed by atoms with E-state index < -0.39 is 0 Å². The summed E-state index contributed by atoms with van der Waals surface area (Å²) in [6, 6.07) is 5.32. The van der Waals surface area contributed by atoms with Crippen LogP contribution in [0.4, 0.5) is 0 Å². The van der Waals surface area contributed by atoms with E-state index in [1.54, 1.807) is 6.26 Å². The average Bonchev–Trinajstić information content (AvgIpc) is 2.79. The van der Waals surface area contributed by atoms with Gasteiger partial charge in [-0.25, -0.2) is 0 Å². The highest BCUT2D eigenvalue weighted by molar-refractivity contribution is 4.98. The fourth-order valence-corrected chi connectivity index (χ4v) is 2.48. The molecule has 0 amide bonds. The Morgan fingerprint density at radius 1 is 1.62 bits per heavy atom. The molecule has 1 aromatic heterocycles. The zero-order valence-electron chi connectivity index (χ0n) is 10.3. The van der Waals surface area contributed by atoms with Gasteiger partial charge in [0.1, 0.15) is 5.76 Å². The molecule has 2 atom stereocenters. The maximum atomic E-state index is 5.37. The van der Waals surface area contributed by atoms with Gasteiger partial charge in [0, 0.05) is 38.1 Å². The van der Waals surface area contributed by atoms with Gasteiger partial charge in [0.25, 0.3) is 0 Å². The molecule has 0 radical (unpaired) electrons. The first-order valence-corrected chi connectivity index (χ1v) is 6.26. The van der Waals surface area contributed by atoms with Gasteiger partial charge in [0.05, 0.1) is 6.26 Å². The summed E-state index contributed by atoms with van der Waals surface area (Å²) in [5.74, 6) is 1.11. The van der Waals surface area contributed by atoms with E-state index in [9.17, 15) is 0 Å². The van der Waals surface area contributed by atoms with Crippen LogP contribution in [0.3, 0.4) is 0 Å². The second-order valence-corrected chi connectivity index (χ2v) is 4.76.